The van der Waals surface area contributed by atoms with Crippen LogP contribution in [0.15, 0.2) is 150 Å². The second kappa shape index (κ2) is 13.6. The molecular formula is C39H35NO6. The number of carbonyl (C=O) groups is 2. The Morgan fingerprint density at radius 1 is 0.804 bits per heavy atom. The van der Waals surface area contributed by atoms with Gasteiger partial charge in [0.15, 0.2) is 0 Å². The summed E-state index contributed by atoms with van der Waals surface area (Å²) in [6, 6.07) is 14.0. The van der Waals surface area contributed by atoms with Gasteiger partial charge in [-0.3, -0.25) is 0 Å². The molecule has 6 rings (SSSR count). The molecule has 2 aromatic rings. The molecule has 1 unspecified atom stereocenters. The number of rotatable bonds is 13. The molecule has 0 amide bonds. The molecule has 0 aliphatic heterocycles. The molecule has 4 aliphatic carbocycles. The molecule has 1 atom stereocenters. The van der Waals surface area contributed by atoms with Gasteiger partial charge in [-0.2, -0.15) is 0 Å². The maximum atomic E-state index is 11.5. The fourth-order valence-corrected chi connectivity index (χ4v) is 5.98. The first-order chi connectivity index (χ1) is 22.4. The Morgan fingerprint density at radius 2 is 1.48 bits per heavy atom. The first-order valence-electron chi connectivity index (χ1n) is 15.2. The maximum Gasteiger partial charge on any atom is 0.330 e. The number of ether oxygens (including phenoxy) is 4. The van der Waals surface area contributed by atoms with Crippen LogP contribution in [0.2, 0.25) is 0 Å². The molecule has 0 spiro atoms. The van der Waals surface area contributed by atoms with Gasteiger partial charge in [-0.1, -0.05) is 73.4 Å². The highest BCUT2D eigenvalue weighted by molar-refractivity contribution is 5.81. The number of hydrogen-bond donors (Lipinski definition) is 0. The van der Waals surface area contributed by atoms with Gasteiger partial charge in [-0.15, -0.1) is 0 Å². The molecule has 46 heavy (non-hydrogen) atoms. The molecule has 0 heterocycles. The van der Waals surface area contributed by atoms with E-state index in [-0.39, 0.29) is 32.3 Å². The molecule has 0 N–H and O–H groups in total. The third kappa shape index (κ3) is 6.44. The van der Waals surface area contributed by atoms with Gasteiger partial charge in [-0.05, 0) is 59.4 Å². The van der Waals surface area contributed by atoms with Crippen LogP contribution >= 0.6 is 0 Å². The summed E-state index contributed by atoms with van der Waals surface area (Å²) < 4.78 is 22.3. The van der Waals surface area contributed by atoms with E-state index in [4.69, 9.17) is 18.9 Å². The zero-order chi connectivity index (χ0) is 32.0. The van der Waals surface area contributed by atoms with E-state index in [0.717, 1.165) is 41.2 Å². The zero-order valence-corrected chi connectivity index (χ0v) is 25.7. The lowest BCUT2D eigenvalue weighted by Gasteiger charge is -2.39. The molecule has 232 valence electrons. The molecule has 0 bridgehead atoms. The van der Waals surface area contributed by atoms with Crippen molar-refractivity contribution < 1.29 is 28.5 Å². The van der Waals surface area contributed by atoms with Crippen molar-refractivity contribution in [3.63, 3.8) is 0 Å². The topological polar surface area (TPSA) is 74.3 Å². The molecule has 2 aromatic carbocycles. The SMILES string of the molecule is C=CC(=O)OCCOc1cc(OCCOC(=O)C=C)cc(N(C2=C3C=CC4=C5C(=CC=C(C=C2)C35)CC=C4)c2ccc(C)cc2)c1. The van der Waals surface area contributed by atoms with Crippen molar-refractivity contribution in [1.82, 2.24) is 0 Å². The van der Waals surface area contributed by atoms with Crippen molar-refractivity contribution in [3.8, 4) is 11.5 Å². The molecule has 7 nitrogen and oxygen atoms in total. The van der Waals surface area contributed by atoms with Crippen LogP contribution in [-0.2, 0) is 19.1 Å². The number of nitrogens with zero attached hydrogens (tertiary/aromatic N) is 1. The summed E-state index contributed by atoms with van der Waals surface area (Å²) in [5.74, 6) is 0.155. The van der Waals surface area contributed by atoms with E-state index in [1.54, 1.807) is 6.07 Å². The Morgan fingerprint density at radius 3 is 2.13 bits per heavy atom. The minimum absolute atomic E-state index is 0.0613. The van der Waals surface area contributed by atoms with Gasteiger partial charge in [0, 0.05) is 42.0 Å². The van der Waals surface area contributed by atoms with Crippen molar-refractivity contribution in [2.24, 2.45) is 5.92 Å². The van der Waals surface area contributed by atoms with Crippen LogP contribution in [0.3, 0.4) is 0 Å². The molecule has 0 fully saturated rings. The van der Waals surface area contributed by atoms with Gasteiger partial charge >= 0.3 is 11.9 Å². The first-order valence-corrected chi connectivity index (χ1v) is 15.2. The van der Waals surface area contributed by atoms with Crippen molar-refractivity contribution >= 4 is 23.3 Å². The Balaban J connectivity index is 1.41. The van der Waals surface area contributed by atoms with E-state index in [1.165, 1.54) is 27.9 Å². The van der Waals surface area contributed by atoms with Gasteiger partial charge in [0.05, 0.1) is 11.4 Å². The standard InChI is InChI=1S/C39H35NO6/c1-4-36(41)45-21-19-43-32-23-31(24-33(25-32)44-20-22-46-37(42)5-2)40(30-15-9-26(3)10-16-30)35-18-14-29-12-11-27-7-6-8-28-13-17-34(35)39(29)38(27)28/h4-6,8-18,23-25,39H,1-2,7,19-22H2,3H3. The molecule has 4 aliphatic rings. The Kier molecular flexibility index (Phi) is 9.01. The number of benzene rings is 2. The summed E-state index contributed by atoms with van der Waals surface area (Å²) in [4.78, 5) is 25.3. The summed E-state index contributed by atoms with van der Waals surface area (Å²) in [5.41, 5.74) is 10.4. The lowest BCUT2D eigenvalue weighted by atomic mass is 9.68. The van der Waals surface area contributed by atoms with E-state index in [2.05, 4.69) is 97.9 Å². The van der Waals surface area contributed by atoms with Crippen LogP contribution in [0, 0.1) is 12.8 Å². The summed E-state index contributed by atoms with van der Waals surface area (Å²) in [5, 5.41) is 0. The van der Waals surface area contributed by atoms with Crippen LogP contribution in [0.25, 0.3) is 0 Å². The highest BCUT2D eigenvalue weighted by Crippen LogP contribution is 2.50. The summed E-state index contributed by atoms with van der Waals surface area (Å²) in [6.07, 6.45) is 20.9. The van der Waals surface area contributed by atoms with Gasteiger partial charge in [-0.25, -0.2) is 9.59 Å². The monoisotopic (exact) mass is 613 g/mol. The Labute approximate surface area is 269 Å². The van der Waals surface area contributed by atoms with Crippen molar-refractivity contribution in [2.45, 2.75) is 13.3 Å². The molecule has 7 heteroatoms. The first kappa shape index (κ1) is 30.5. The van der Waals surface area contributed by atoms with E-state index >= 15 is 0 Å². The average Bonchev–Trinajstić information content (AvgIpc) is 3.08. The fourth-order valence-electron chi connectivity index (χ4n) is 5.98. The molecule has 0 saturated carbocycles. The van der Waals surface area contributed by atoms with Gasteiger partial charge in [0.1, 0.15) is 37.9 Å². The molecular weight excluding hydrogens is 578 g/mol. The molecule has 0 aromatic heterocycles. The second-order valence-electron chi connectivity index (χ2n) is 11.0. The summed E-state index contributed by atoms with van der Waals surface area (Å²) in [6.45, 7) is 9.32. The zero-order valence-electron chi connectivity index (χ0n) is 25.7. The van der Waals surface area contributed by atoms with E-state index in [9.17, 15) is 9.59 Å². The predicted molar refractivity (Wildman–Crippen MR) is 179 cm³/mol. The minimum atomic E-state index is -0.514. The number of hydrogen-bond acceptors (Lipinski definition) is 7. The lowest BCUT2D eigenvalue weighted by molar-refractivity contribution is -0.139. The number of esters is 2. The normalized spacial score (nSPS) is 17.0. The maximum absolute atomic E-state index is 11.5. The van der Waals surface area contributed by atoms with E-state index in [1.807, 2.05) is 12.1 Å². The third-order valence-electron chi connectivity index (χ3n) is 8.06. The second-order valence-corrected chi connectivity index (χ2v) is 11.0. The smallest absolute Gasteiger partial charge is 0.330 e. The average molecular weight is 614 g/mol. The number of anilines is 2. The number of allylic oxidation sites excluding steroid dienone is 13. The Bertz CT molecular complexity index is 1750. The molecule has 0 saturated heterocycles. The molecule has 0 radical (unpaired) electrons. The van der Waals surface area contributed by atoms with Crippen molar-refractivity contribution in [2.75, 3.05) is 31.3 Å². The largest absolute Gasteiger partial charge is 0.490 e. The highest BCUT2D eigenvalue weighted by atomic mass is 16.6. The summed E-state index contributed by atoms with van der Waals surface area (Å²) in [7, 11) is 0. The predicted octanol–water partition coefficient (Wildman–Crippen LogP) is 7.48. The van der Waals surface area contributed by atoms with Crippen LogP contribution < -0.4 is 14.4 Å². The minimum Gasteiger partial charge on any atom is -0.490 e. The van der Waals surface area contributed by atoms with E-state index in [0.29, 0.717) is 11.5 Å². The number of aryl methyl sites for hydroxylation is 1. The van der Waals surface area contributed by atoms with Gasteiger partial charge in [0.2, 0.25) is 0 Å². The van der Waals surface area contributed by atoms with Gasteiger partial charge < -0.3 is 23.8 Å². The Hall–Kier alpha value is -5.56. The van der Waals surface area contributed by atoms with Crippen molar-refractivity contribution in [3.05, 3.63) is 156 Å². The quantitative estimate of drug-likeness (QED) is 0.132. The van der Waals surface area contributed by atoms with E-state index < -0.39 is 11.9 Å². The van der Waals surface area contributed by atoms with Crippen molar-refractivity contribution in [1.29, 1.82) is 0 Å². The fraction of sp³-hybridized carbons (Fsp3) is 0.179. The number of carbonyl (C=O) groups excluding carboxylic acids is 2. The highest BCUT2D eigenvalue weighted by Gasteiger charge is 2.35. The van der Waals surface area contributed by atoms with Crippen LogP contribution in [0.1, 0.15) is 12.0 Å². The third-order valence-corrected chi connectivity index (χ3v) is 8.06. The van der Waals surface area contributed by atoms with Crippen LogP contribution in [0.5, 0.6) is 11.5 Å². The van der Waals surface area contributed by atoms with Crippen LogP contribution in [0.4, 0.5) is 11.4 Å². The summed E-state index contributed by atoms with van der Waals surface area (Å²) >= 11 is 0. The van der Waals surface area contributed by atoms with Gasteiger partial charge in [0.25, 0.3) is 0 Å². The van der Waals surface area contributed by atoms with Crippen LogP contribution in [-0.4, -0.2) is 38.4 Å². The lowest BCUT2D eigenvalue weighted by Crippen LogP contribution is -2.27.